The van der Waals surface area contributed by atoms with Crippen LogP contribution >= 0.6 is 0 Å². The van der Waals surface area contributed by atoms with Gasteiger partial charge < -0.3 is 0 Å². The van der Waals surface area contributed by atoms with Gasteiger partial charge in [0.25, 0.3) is 0 Å². The maximum absolute atomic E-state index is 4.79. The van der Waals surface area contributed by atoms with E-state index in [1.807, 2.05) is 6.20 Å². The van der Waals surface area contributed by atoms with Gasteiger partial charge in [0.15, 0.2) is 0 Å². The molecule has 1 heterocycles. The third-order valence-electron chi connectivity index (χ3n) is 6.37. The fraction of sp³-hybridized carbons (Fsp3) is 0.400. The van der Waals surface area contributed by atoms with Crippen LogP contribution in [0.2, 0.25) is 15.8 Å². The van der Waals surface area contributed by atoms with E-state index in [4.69, 9.17) is 4.98 Å². The molecule has 0 aliphatic carbocycles. The molecule has 0 atom stereocenters. The zero-order valence-corrected chi connectivity index (χ0v) is 19.9. The maximum atomic E-state index is 4.79. The summed E-state index contributed by atoms with van der Waals surface area (Å²) < 4.78 is 1.61. The molecule has 27 heavy (non-hydrogen) atoms. The monoisotopic (exact) mass is 421 g/mol. The molecule has 2 aromatic carbocycles. The van der Waals surface area contributed by atoms with E-state index in [2.05, 4.69) is 90.1 Å². The summed E-state index contributed by atoms with van der Waals surface area (Å²) in [4.78, 5) is 4.79. The third kappa shape index (κ3) is 3.85. The molecule has 0 unspecified atom stereocenters. The molecule has 0 fully saturated rings. The quantitative estimate of drug-likeness (QED) is 0.409. The average molecular weight is 420 g/mol. The van der Waals surface area contributed by atoms with Crippen molar-refractivity contribution in [3.05, 3.63) is 60.3 Å². The molecule has 0 spiro atoms. The van der Waals surface area contributed by atoms with Crippen LogP contribution in [0.1, 0.15) is 47.1 Å². The van der Waals surface area contributed by atoms with Gasteiger partial charge in [-0.2, -0.15) is 0 Å². The molecule has 0 saturated heterocycles. The molecule has 0 aliphatic rings. The molecule has 0 radical (unpaired) electrons. The van der Waals surface area contributed by atoms with Crippen LogP contribution in [-0.2, 0) is 5.41 Å². The Balaban J connectivity index is 2.20. The normalized spacial score (nSPS) is 12.5. The summed E-state index contributed by atoms with van der Waals surface area (Å²) in [6.07, 6.45) is 2.04. The first-order valence-corrected chi connectivity index (χ1v) is 15.8. The second kappa shape index (κ2) is 7.79. The van der Waals surface area contributed by atoms with Crippen LogP contribution in [-0.4, -0.2) is 18.3 Å². The van der Waals surface area contributed by atoms with Gasteiger partial charge in [0.05, 0.1) is 0 Å². The van der Waals surface area contributed by atoms with Crippen LogP contribution in [0.25, 0.3) is 22.0 Å². The van der Waals surface area contributed by atoms with Gasteiger partial charge in [0.1, 0.15) is 0 Å². The number of fused-ring (bicyclic) bond motifs is 1. The molecular formula is C25H33GeN. The van der Waals surface area contributed by atoms with Crippen molar-refractivity contribution in [2.45, 2.75) is 62.7 Å². The summed E-state index contributed by atoms with van der Waals surface area (Å²) >= 11 is -1.98. The molecule has 0 N–H and O–H groups in total. The molecule has 0 aliphatic heterocycles. The van der Waals surface area contributed by atoms with E-state index in [0.29, 0.717) is 0 Å². The number of rotatable bonds is 5. The zero-order chi connectivity index (χ0) is 19.7. The van der Waals surface area contributed by atoms with E-state index in [9.17, 15) is 0 Å². The van der Waals surface area contributed by atoms with Gasteiger partial charge in [-0.1, -0.05) is 0 Å². The Labute approximate surface area is 167 Å². The molecule has 1 nitrogen and oxygen atoms in total. The summed E-state index contributed by atoms with van der Waals surface area (Å²) in [6, 6.07) is 18.1. The van der Waals surface area contributed by atoms with E-state index in [-0.39, 0.29) is 5.41 Å². The summed E-state index contributed by atoms with van der Waals surface area (Å²) in [5, 5.41) is 6.71. The van der Waals surface area contributed by atoms with Gasteiger partial charge in [-0.3, -0.25) is 0 Å². The van der Waals surface area contributed by atoms with Crippen molar-refractivity contribution in [1.82, 2.24) is 4.98 Å². The molecule has 2 heteroatoms. The fourth-order valence-corrected chi connectivity index (χ4v) is 11.9. The van der Waals surface area contributed by atoms with Crippen LogP contribution in [0.3, 0.4) is 0 Å². The Bertz CT molecular complexity index is 924. The predicted octanol–water partition coefficient (Wildman–Crippen LogP) is 6.91. The Hall–Kier alpha value is -1.61. The minimum absolute atomic E-state index is 0.102. The topological polar surface area (TPSA) is 12.9 Å². The first-order chi connectivity index (χ1) is 12.8. The number of pyridine rings is 1. The van der Waals surface area contributed by atoms with E-state index < -0.39 is 13.3 Å². The van der Waals surface area contributed by atoms with Gasteiger partial charge in [0.2, 0.25) is 0 Å². The van der Waals surface area contributed by atoms with Crippen LogP contribution in [0.4, 0.5) is 0 Å². The summed E-state index contributed by atoms with van der Waals surface area (Å²) in [5.74, 6) is 0. The average Bonchev–Trinajstić information content (AvgIpc) is 2.68. The standard InChI is InChI=1S/C25H33GeN/c1-7-26(8-2,9-3)21-14-15-27-24(18-21)20-16-19-12-10-11-13-22(19)23(17-20)25(4,5)6/h10-18H,7-9H2,1-6H3. The molecule has 0 bridgehead atoms. The Morgan fingerprint density at radius 2 is 1.52 bits per heavy atom. The number of hydrogen-bond donors (Lipinski definition) is 0. The summed E-state index contributed by atoms with van der Waals surface area (Å²) in [6.45, 7) is 14.1. The first-order valence-electron chi connectivity index (χ1n) is 10.3. The van der Waals surface area contributed by atoms with Gasteiger partial charge in [-0.15, -0.1) is 0 Å². The number of nitrogens with zero attached hydrogens (tertiary/aromatic N) is 1. The van der Waals surface area contributed by atoms with Crippen molar-refractivity contribution < 1.29 is 0 Å². The number of aromatic nitrogens is 1. The molecule has 142 valence electrons. The Kier molecular flexibility index (Phi) is 5.81. The van der Waals surface area contributed by atoms with Crippen molar-refractivity contribution in [3.8, 4) is 11.3 Å². The molecular weight excluding hydrogens is 387 g/mol. The molecule has 1 aromatic heterocycles. The van der Waals surface area contributed by atoms with Gasteiger partial charge in [-0.05, 0) is 0 Å². The number of benzene rings is 2. The van der Waals surface area contributed by atoms with Crippen molar-refractivity contribution in [3.63, 3.8) is 0 Å². The molecule has 3 rings (SSSR count). The van der Waals surface area contributed by atoms with Crippen LogP contribution < -0.4 is 4.40 Å². The SMILES string of the molecule is C[CH2][Ge]([CH2]C)([CH2]C)[c]1ccnc(-c2cc(C(C)(C)C)c3ccccc3c2)c1. The van der Waals surface area contributed by atoms with E-state index in [1.54, 1.807) is 4.40 Å². The van der Waals surface area contributed by atoms with Gasteiger partial charge in [-0.25, -0.2) is 0 Å². The van der Waals surface area contributed by atoms with E-state index in [1.165, 1.54) is 37.7 Å². The van der Waals surface area contributed by atoms with Gasteiger partial charge in [0, 0.05) is 0 Å². The summed E-state index contributed by atoms with van der Waals surface area (Å²) in [7, 11) is 0. The fourth-order valence-electron chi connectivity index (χ4n) is 4.36. The minimum atomic E-state index is -1.98. The predicted molar refractivity (Wildman–Crippen MR) is 123 cm³/mol. The summed E-state index contributed by atoms with van der Waals surface area (Å²) in [5.41, 5.74) is 3.89. The van der Waals surface area contributed by atoms with Crippen molar-refractivity contribution in [1.29, 1.82) is 0 Å². The van der Waals surface area contributed by atoms with Gasteiger partial charge >= 0.3 is 168 Å². The Morgan fingerprint density at radius 1 is 0.852 bits per heavy atom. The van der Waals surface area contributed by atoms with E-state index >= 15 is 0 Å². The molecule has 0 saturated carbocycles. The second-order valence-electron chi connectivity index (χ2n) is 8.77. The second-order valence-corrected chi connectivity index (χ2v) is 19.8. The number of hydrogen-bond acceptors (Lipinski definition) is 1. The Morgan fingerprint density at radius 3 is 2.15 bits per heavy atom. The third-order valence-corrected chi connectivity index (χ3v) is 18.1. The molecule has 3 aromatic rings. The van der Waals surface area contributed by atoms with Crippen molar-refractivity contribution in [2.75, 3.05) is 0 Å². The zero-order valence-electron chi connectivity index (χ0n) is 17.8. The van der Waals surface area contributed by atoms with Crippen molar-refractivity contribution in [2.24, 2.45) is 0 Å². The van der Waals surface area contributed by atoms with Crippen LogP contribution in [0.5, 0.6) is 0 Å². The first kappa shape index (κ1) is 20.1. The van der Waals surface area contributed by atoms with Crippen molar-refractivity contribution >= 4 is 28.4 Å². The van der Waals surface area contributed by atoms with Crippen LogP contribution in [0, 0.1) is 0 Å². The molecule has 0 amide bonds. The van der Waals surface area contributed by atoms with E-state index in [0.717, 1.165) is 5.69 Å². The van der Waals surface area contributed by atoms with Crippen LogP contribution in [0.15, 0.2) is 54.7 Å².